The summed E-state index contributed by atoms with van der Waals surface area (Å²) in [7, 11) is 0. The second-order valence-electron chi connectivity index (χ2n) is 5.26. The molecular formula is C11H20O2. The Morgan fingerprint density at radius 2 is 1.92 bits per heavy atom. The van der Waals surface area contributed by atoms with Gasteiger partial charge >= 0.3 is 5.97 Å². The van der Waals surface area contributed by atoms with E-state index in [4.69, 9.17) is 5.11 Å². The first-order valence-corrected chi connectivity index (χ1v) is 5.14. The molecule has 0 unspecified atom stereocenters. The summed E-state index contributed by atoms with van der Waals surface area (Å²) in [6, 6.07) is 0. The molecule has 0 aliphatic heterocycles. The quantitative estimate of drug-likeness (QED) is 0.680. The van der Waals surface area contributed by atoms with Crippen LogP contribution in [0.3, 0.4) is 0 Å². The first kappa shape index (κ1) is 10.6. The van der Waals surface area contributed by atoms with Gasteiger partial charge in [0.25, 0.3) is 0 Å². The predicted molar refractivity (Wildman–Crippen MR) is 52.5 cm³/mol. The molecule has 1 fully saturated rings. The molecule has 0 amide bonds. The SMILES string of the molecule is CC(C)(C)[C@H]1CCC[C@@H](C(=O)O)C1. The third-order valence-electron chi connectivity index (χ3n) is 3.25. The van der Waals surface area contributed by atoms with Crippen molar-refractivity contribution >= 4 is 5.97 Å². The highest BCUT2D eigenvalue weighted by Crippen LogP contribution is 2.40. The Kier molecular flexibility index (Phi) is 2.99. The minimum atomic E-state index is -0.603. The number of aliphatic carboxylic acids is 1. The molecule has 1 N–H and O–H groups in total. The standard InChI is InChI=1S/C11H20O2/c1-11(2,3)9-6-4-5-8(7-9)10(12)13/h8-9H,4-7H2,1-3H3,(H,12,13)/t8-,9+/m1/s1. The van der Waals surface area contributed by atoms with Gasteiger partial charge in [-0.1, -0.05) is 27.2 Å². The second-order valence-corrected chi connectivity index (χ2v) is 5.26. The Hall–Kier alpha value is -0.530. The molecule has 13 heavy (non-hydrogen) atoms. The molecule has 0 saturated heterocycles. The highest BCUT2D eigenvalue weighted by Gasteiger charge is 2.33. The Bertz CT molecular complexity index is 191. The monoisotopic (exact) mass is 184 g/mol. The first-order chi connectivity index (χ1) is 5.91. The molecule has 1 aliphatic rings. The maximum atomic E-state index is 10.8. The average Bonchev–Trinajstić information content (AvgIpc) is 2.03. The van der Waals surface area contributed by atoms with Crippen LogP contribution in [0.1, 0.15) is 46.5 Å². The fourth-order valence-corrected chi connectivity index (χ4v) is 2.20. The van der Waals surface area contributed by atoms with E-state index < -0.39 is 5.97 Å². The van der Waals surface area contributed by atoms with Crippen molar-refractivity contribution in [1.29, 1.82) is 0 Å². The van der Waals surface area contributed by atoms with Crippen LogP contribution in [-0.4, -0.2) is 11.1 Å². The number of carboxylic acids is 1. The highest BCUT2D eigenvalue weighted by molar-refractivity contribution is 5.70. The number of carbonyl (C=O) groups is 1. The largest absolute Gasteiger partial charge is 0.481 e. The lowest BCUT2D eigenvalue weighted by molar-refractivity contribution is -0.143. The summed E-state index contributed by atoms with van der Waals surface area (Å²) in [5.41, 5.74) is 0.272. The van der Waals surface area contributed by atoms with E-state index >= 15 is 0 Å². The van der Waals surface area contributed by atoms with Gasteiger partial charge in [0.15, 0.2) is 0 Å². The Morgan fingerprint density at radius 1 is 1.31 bits per heavy atom. The molecule has 0 aromatic rings. The van der Waals surface area contributed by atoms with Crippen LogP contribution >= 0.6 is 0 Å². The first-order valence-electron chi connectivity index (χ1n) is 5.14. The van der Waals surface area contributed by atoms with Gasteiger partial charge < -0.3 is 5.11 Å². The van der Waals surface area contributed by atoms with Gasteiger partial charge in [-0.3, -0.25) is 4.79 Å². The van der Waals surface area contributed by atoms with Crippen LogP contribution in [0.4, 0.5) is 0 Å². The van der Waals surface area contributed by atoms with Crippen molar-refractivity contribution in [2.24, 2.45) is 17.3 Å². The second kappa shape index (κ2) is 3.69. The van der Waals surface area contributed by atoms with E-state index in [0.29, 0.717) is 5.92 Å². The third-order valence-corrected chi connectivity index (χ3v) is 3.25. The smallest absolute Gasteiger partial charge is 0.306 e. The fourth-order valence-electron chi connectivity index (χ4n) is 2.20. The number of hydrogen-bond acceptors (Lipinski definition) is 1. The van der Waals surface area contributed by atoms with E-state index in [1.54, 1.807) is 0 Å². The van der Waals surface area contributed by atoms with E-state index in [2.05, 4.69) is 20.8 Å². The van der Waals surface area contributed by atoms with Gasteiger partial charge in [0.2, 0.25) is 0 Å². The van der Waals surface area contributed by atoms with E-state index in [9.17, 15) is 4.79 Å². The van der Waals surface area contributed by atoms with Crippen LogP contribution < -0.4 is 0 Å². The molecule has 2 nitrogen and oxygen atoms in total. The van der Waals surface area contributed by atoms with Gasteiger partial charge in [0.05, 0.1) is 5.92 Å². The van der Waals surface area contributed by atoms with Crippen LogP contribution in [0.15, 0.2) is 0 Å². The molecule has 0 radical (unpaired) electrons. The van der Waals surface area contributed by atoms with Crippen molar-refractivity contribution in [2.75, 3.05) is 0 Å². The minimum Gasteiger partial charge on any atom is -0.481 e. The molecule has 1 rings (SSSR count). The molecular weight excluding hydrogens is 164 g/mol. The highest BCUT2D eigenvalue weighted by atomic mass is 16.4. The summed E-state index contributed by atoms with van der Waals surface area (Å²) < 4.78 is 0. The molecule has 0 aromatic heterocycles. The van der Waals surface area contributed by atoms with Crippen molar-refractivity contribution in [1.82, 2.24) is 0 Å². The minimum absolute atomic E-state index is 0.0852. The average molecular weight is 184 g/mol. The molecule has 0 spiro atoms. The van der Waals surface area contributed by atoms with Crippen molar-refractivity contribution in [3.05, 3.63) is 0 Å². The maximum Gasteiger partial charge on any atom is 0.306 e. The van der Waals surface area contributed by atoms with Crippen molar-refractivity contribution in [3.8, 4) is 0 Å². The fraction of sp³-hybridized carbons (Fsp3) is 0.909. The zero-order valence-electron chi connectivity index (χ0n) is 8.84. The van der Waals surface area contributed by atoms with Gasteiger partial charge in [0.1, 0.15) is 0 Å². The summed E-state index contributed by atoms with van der Waals surface area (Å²) in [5, 5.41) is 8.92. The van der Waals surface area contributed by atoms with Crippen LogP contribution in [0.2, 0.25) is 0 Å². The van der Waals surface area contributed by atoms with Crippen molar-refractivity contribution in [2.45, 2.75) is 46.5 Å². The zero-order chi connectivity index (χ0) is 10.1. The molecule has 1 aliphatic carbocycles. The molecule has 76 valence electrons. The third kappa shape index (κ3) is 2.71. The summed E-state index contributed by atoms with van der Waals surface area (Å²) in [6.07, 6.45) is 4.03. The molecule has 0 bridgehead atoms. The Morgan fingerprint density at radius 3 is 2.38 bits per heavy atom. The van der Waals surface area contributed by atoms with Crippen LogP contribution in [0, 0.1) is 17.3 Å². The molecule has 2 atom stereocenters. The van der Waals surface area contributed by atoms with Gasteiger partial charge in [-0.15, -0.1) is 0 Å². The van der Waals surface area contributed by atoms with Crippen LogP contribution in [0.25, 0.3) is 0 Å². The number of hydrogen-bond donors (Lipinski definition) is 1. The van der Waals surface area contributed by atoms with Crippen molar-refractivity contribution < 1.29 is 9.90 Å². The van der Waals surface area contributed by atoms with Gasteiger partial charge in [-0.2, -0.15) is 0 Å². The maximum absolute atomic E-state index is 10.8. The van der Waals surface area contributed by atoms with Gasteiger partial charge in [0, 0.05) is 0 Å². The molecule has 0 aromatic carbocycles. The van der Waals surface area contributed by atoms with E-state index in [1.807, 2.05) is 0 Å². The molecule has 1 saturated carbocycles. The van der Waals surface area contributed by atoms with Crippen LogP contribution in [-0.2, 0) is 4.79 Å². The zero-order valence-corrected chi connectivity index (χ0v) is 8.84. The Labute approximate surface area is 80.3 Å². The van der Waals surface area contributed by atoms with Gasteiger partial charge in [-0.05, 0) is 30.6 Å². The topological polar surface area (TPSA) is 37.3 Å². The molecule has 2 heteroatoms. The summed E-state index contributed by atoms with van der Waals surface area (Å²) in [6.45, 7) is 6.63. The number of rotatable bonds is 1. The predicted octanol–water partition coefficient (Wildman–Crippen LogP) is 2.92. The van der Waals surface area contributed by atoms with E-state index in [0.717, 1.165) is 19.3 Å². The summed E-state index contributed by atoms with van der Waals surface area (Å²) >= 11 is 0. The Balaban J connectivity index is 2.57. The van der Waals surface area contributed by atoms with E-state index in [1.165, 1.54) is 6.42 Å². The lowest BCUT2D eigenvalue weighted by Crippen LogP contribution is -2.30. The lowest BCUT2D eigenvalue weighted by atomic mass is 9.69. The van der Waals surface area contributed by atoms with Crippen molar-refractivity contribution in [3.63, 3.8) is 0 Å². The summed E-state index contributed by atoms with van der Waals surface area (Å²) in [4.78, 5) is 10.8. The molecule has 0 heterocycles. The van der Waals surface area contributed by atoms with E-state index in [-0.39, 0.29) is 11.3 Å². The normalized spacial score (nSPS) is 30.1. The van der Waals surface area contributed by atoms with Crippen LogP contribution in [0.5, 0.6) is 0 Å². The summed E-state index contributed by atoms with van der Waals surface area (Å²) in [5.74, 6) is -0.103. The van der Waals surface area contributed by atoms with Gasteiger partial charge in [-0.25, -0.2) is 0 Å². The lowest BCUT2D eigenvalue weighted by Gasteiger charge is -2.36. The number of carboxylic acid groups (broad SMARTS) is 1.